The monoisotopic (exact) mass is 456 g/mol. The summed E-state index contributed by atoms with van der Waals surface area (Å²) < 4.78 is 18.9. The Balaban J connectivity index is 1.11. The van der Waals surface area contributed by atoms with Crippen molar-refractivity contribution in [1.29, 1.82) is 0 Å². The van der Waals surface area contributed by atoms with Crippen LogP contribution in [0.1, 0.15) is 35.6 Å². The van der Waals surface area contributed by atoms with Crippen molar-refractivity contribution >= 4 is 6.29 Å². The topological polar surface area (TPSA) is 32.8 Å². The van der Waals surface area contributed by atoms with Crippen molar-refractivity contribution in [3.63, 3.8) is 0 Å². The fraction of sp³-hybridized carbons (Fsp3) is 0.345. The van der Waals surface area contributed by atoms with Crippen LogP contribution >= 0.6 is 0 Å². The highest BCUT2D eigenvalue weighted by atomic mass is 19.1. The smallest absolute Gasteiger partial charge is 0.141 e. The number of carbonyl (C=O) groups excluding carboxylic acids is 1. The van der Waals surface area contributed by atoms with E-state index in [-0.39, 0.29) is 11.9 Å². The van der Waals surface area contributed by atoms with Crippen LogP contribution < -0.4 is 4.74 Å². The van der Waals surface area contributed by atoms with Gasteiger partial charge in [0.1, 0.15) is 23.6 Å². The van der Waals surface area contributed by atoms with Gasteiger partial charge in [-0.25, -0.2) is 4.39 Å². The van der Waals surface area contributed by atoms with Crippen LogP contribution in [0.5, 0.6) is 11.5 Å². The molecule has 174 valence electrons. The zero-order valence-corrected chi connectivity index (χ0v) is 19.1. The second-order valence-electron chi connectivity index (χ2n) is 9.81. The summed E-state index contributed by atoms with van der Waals surface area (Å²) >= 11 is 0. The normalized spacial score (nSPS) is 25.1. The van der Waals surface area contributed by atoms with Gasteiger partial charge in [0, 0.05) is 31.2 Å². The molecule has 2 heterocycles. The zero-order valence-electron chi connectivity index (χ0n) is 19.1. The van der Waals surface area contributed by atoms with Gasteiger partial charge in [-0.2, -0.15) is 0 Å². The van der Waals surface area contributed by atoms with Crippen LogP contribution in [-0.2, 0) is 17.6 Å². The Morgan fingerprint density at radius 3 is 2.24 bits per heavy atom. The van der Waals surface area contributed by atoms with Crippen molar-refractivity contribution in [2.45, 2.75) is 49.9 Å². The summed E-state index contributed by atoms with van der Waals surface area (Å²) in [5.41, 5.74) is 4.01. The number of hydrogen-bond donors (Lipinski definition) is 0. The van der Waals surface area contributed by atoms with Crippen LogP contribution in [-0.4, -0.2) is 47.3 Å². The third-order valence-corrected chi connectivity index (χ3v) is 7.87. The number of halogens is 1. The Morgan fingerprint density at radius 1 is 0.853 bits per heavy atom. The Kier molecular flexibility index (Phi) is 5.67. The van der Waals surface area contributed by atoms with Crippen LogP contribution in [0.2, 0.25) is 0 Å². The maximum absolute atomic E-state index is 13.1. The second kappa shape index (κ2) is 8.97. The standard InChI is InChI=1S/C29H29FN2O2/c30-23-8-13-28(14-9-23)34-27-11-6-21(7-12-27)29(19-33)32-18-25-16-26(32)17-31(25)24-10-5-20-3-1-2-4-22(20)15-24/h1-4,6-9,11-14,19,24-26,29H,5,10,15-18H2. The molecule has 2 fully saturated rings. The Labute approximate surface area is 200 Å². The van der Waals surface area contributed by atoms with E-state index < -0.39 is 0 Å². The van der Waals surface area contributed by atoms with Gasteiger partial charge in [0.25, 0.3) is 0 Å². The lowest BCUT2D eigenvalue weighted by molar-refractivity contribution is -0.113. The lowest BCUT2D eigenvalue weighted by atomic mass is 9.87. The summed E-state index contributed by atoms with van der Waals surface area (Å²) in [5.74, 6) is 0.971. The van der Waals surface area contributed by atoms with E-state index in [0.29, 0.717) is 29.6 Å². The summed E-state index contributed by atoms with van der Waals surface area (Å²) in [6.45, 7) is 1.99. The molecule has 0 N–H and O–H groups in total. The van der Waals surface area contributed by atoms with E-state index in [9.17, 15) is 9.18 Å². The molecule has 4 atom stereocenters. The highest BCUT2D eigenvalue weighted by Gasteiger charge is 2.48. The maximum Gasteiger partial charge on any atom is 0.141 e. The van der Waals surface area contributed by atoms with Gasteiger partial charge in [0.2, 0.25) is 0 Å². The summed E-state index contributed by atoms with van der Waals surface area (Å²) in [4.78, 5) is 17.3. The number of carbonyl (C=O) groups is 1. The average Bonchev–Trinajstić information content (AvgIpc) is 3.48. The molecule has 4 unspecified atom stereocenters. The first-order chi connectivity index (χ1) is 16.7. The minimum atomic E-state index is -0.289. The summed E-state index contributed by atoms with van der Waals surface area (Å²) in [5, 5.41) is 0. The molecule has 3 aromatic rings. The van der Waals surface area contributed by atoms with Gasteiger partial charge in [-0.05, 0) is 78.8 Å². The van der Waals surface area contributed by atoms with Gasteiger partial charge in [0.15, 0.2) is 0 Å². The molecule has 2 aliphatic heterocycles. The molecule has 0 radical (unpaired) electrons. The number of likely N-dealkylation sites (tertiary alicyclic amines) is 2. The SMILES string of the molecule is O=CC(c1ccc(Oc2ccc(F)cc2)cc1)N1CC2CC1CN2C1CCc2ccccc2C1. The van der Waals surface area contributed by atoms with E-state index in [0.717, 1.165) is 37.8 Å². The molecule has 2 bridgehead atoms. The van der Waals surface area contributed by atoms with Crippen molar-refractivity contribution in [3.8, 4) is 11.5 Å². The molecule has 0 amide bonds. The molecule has 0 aromatic heterocycles. The maximum atomic E-state index is 13.1. The Hall–Kier alpha value is -3.02. The molecular weight excluding hydrogens is 427 g/mol. The number of aldehydes is 1. The van der Waals surface area contributed by atoms with Gasteiger partial charge in [-0.15, -0.1) is 0 Å². The van der Waals surface area contributed by atoms with Crippen molar-refractivity contribution in [1.82, 2.24) is 9.80 Å². The summed E-state index contributed by atoms with van der Waals surface area (Å²) in [7, 11) is 0. The van der Waals surface area contributed by atoms with Crippen LogP contribution in [0.4, 0.5) is 4.39 Å². The predicted molar refractivity (Wildman–Crippen MR) is 130 cm³/mol. The predicted octanol–water partition coefficient (Wildman–Crippen LogP) is 5.17. The molecule has 0 spiro atoms. The van der Waals surface area contributed by atoms with Crippen molar-refractivity contribution in [2.24, 2.45) is 0 Å². The van der Waals surface area contributed by atoms with Gasteiger partial charge >= 0.3 is 0 Å². The largest absolute Gasteiger partial charge is 0.457 e. The van der Waals surface area contributed by atoms with Crippen molar-refractivity contribution in [3.05, 3.63) is 95.3 Å². The van der Waals surface area contributed by atoms with Gasteiger partial charge in [-0.3, -0.25) is 9.80 Å². The lowest BCUT2D eigenvalue weighted by Gasteiger charge is -2.42. The fourth-order valence-corrected chi connectivity index (χ4v) is 6.20. The highest BCUT2D eigenvalue weighted by molar-refractivity contribution is 5.62. The van der Waals surface area contributed by atoms with Crippen LogP contribution in [0, 0.1) is 5.82 Å². The number of ether oxygens (including phenoxy) is 1. The van der Waals surface area contributed by atoms with Crippen LogP contribution in [0.3, 0.4) is 0 Å². The number of hydrogen-bond acceptors (Lipinski definition) is 4. The summed E-state index contributed by atoms with van der Waals surface area (Å²) in [6, 6.07) is 23.9. The minimum Gasteiger partial charge on any atom is -0.457 e. The molecule has 34 heavy (non-hydrogen) atoms. The molecule has 5 heteroatoms. The number of benzene rings is 3. The molecule has 3 aromatic carbocycles. The third kappa shape index (κ3) is 4.04. The van der Waals surface area contributed by atoms with Crippen LogP contribution in [0.25, 0.3) is 0 Å². The van der Waals surface area contributed by atoms with Crippen molar-refractivity contribution < 1.29 is 13.9 Å². The highest BCUT2D eigenvalue weighted by Crippen LogP contribution is 2.39. The molecule has 1 aliphatic carbocycles. The van der Waals surface area contributed by atoms with Crippen LogP contribution in [0.15, 0.2) is 72.8 Å². The second-order valence-corrected chi connectivity index (χ2v) is 9.81. The first-order valence-corrected chi connectivity index (χ1v) is 12.2. The van der Waals surface area contributed by atoms with E-state index in [2.05, 4.69) is 34.1 Å². The number of rotatable bonds is 6. The Morgan fingerprint density at radius 2 is 1.56 bits per heavy atom. The minimum absolute atomic E-state index is 0.232. The molecule has 4 nitrogen and oxygen atoms in total. The van der Waals surface area contributed by atoms with Gasteiger partial charge < -0.3 is 9.53 Å². The van der Waals surface area contributed by atoms with E-state index in [1.54, 1.807) is 12.1 Å². The summed E-state index contributed by atoms with van der Waals surface area (Å²) in [6.07, 6.45) is 5.77. The number of fused-ring (bicyclic) bond motifs is 3. The van der Waals surface area contributed by atoms with Gasteiger partial charge in [-0.1, -0.05) is 36.4 Å². The van der Waals surface area contributed by atoms with E-state index >= 15 is 0 Å². The number of aryl methyl sites for hydroxylation is 1. The van der Waals surface area contributed by atoms with Crippen molar-refractivity contribution in [2.75, 3.05) is 13.1 Å². The molecule has 6 rings (SSSR count). The van der Waals surface area contributed by atoms with E-state index in [1.807, 2.05) is 24.3 Å². The first kappa shape index (κ1) is 21.5. The number of nitrogens with zero attached hydrogens (tertiary/aromatic N) is 2. The Bertz CT molecular complexity index is 1160. The quantitative estimate of drug-likeness (QED) is 0.479. The molecule has 2 saturated heterocycles. The number of piperazine rings is 1. The molecular formula is C29H29FN2O2. The zero-order chi connectivity index (χ0) is 23.1. The fourth-order valence-electron chi connectivity index (χ4n) is 6.20. The third-order valence-electron chi connectivity index (χ3n) is 7.87. The average molecular weight is 457 g/mol. The first-order valence-electron chi connectivity index (χ1n) is 12.2. The lowest BCUT2D eigenvalue weighted by Crippen LogP contribution is -2.52. The van der Waals surface area contributed by atoms with E-state index in [1.165, 1.54) is 36.1 Å². The molecule has 3 aliphatic rings. The van der Waals surface area contributed by atoms with E-state index in [4.69, 9.17) is 4.74 Å². The molecule has 0 saturated carbocycles. The van der Waals surface area contributed by atoms with Gasteiger partial charge in [0.05, 0.1) is 6.04 Å².